The van der Waals surface area contributed by atoms with Gasteiger partial charge in [-0.2, -0.15) is 13.2 Å². The highest BCUT2D eigenvalue weighted by Gasteiger charge is 2.41. The SMILES string of the molecule is CC(C)(C)C=O.CCOC(=O)c1cc2nc(Nc3c(Cl)ccc(CNC)c3Cl)n(CC(F)F)c2cc1N1CCC(C(F)(F)F)CC1. The lowest BCUT2D eigenvalue weighted by atomic mass is 9.95. The van der Waals surface area contributed by atoms with Crippen LogP contribution in [0.25, 0.3) is 11.0 Å². The summed E-state index contributed by atoms with van der Waals surface area (Å²) in [4.78, 5) is 28.8. The standard InChI is InChI=1S/C26H28Cl2F5N5O2.C5H10O/c1-3-40-24(39)16-10-18-20(11-19(16)37-8-6-15(7-9-37)26(31,32)33)38(13-21(29)30)25(35-18)36-23-17(27)5-4-14(12-34-2)22(23)28;1-5(2,3)4-6/h4-5,10-11,15,21,34H,3,6-9,12-13H2,1-2H3,(H,35,36);4H,1-3H3. The molecule has 2 N–H and O–H groups in total. The Morgan fingerprint density at radius 2 is 1.78 bits per heavy atom. The number of nitrogens with zero attached hydrogens (tertiary/aromatic N) is 3. The van der Waals surface area contributed by atoms with Crippen LogP contribution in [0.3, 0.4) is 0 Å². The van der Waals surface area contributed by atoms with Gasteiger partial charge in [0.25, 0.3) is 6.43 Å². The Balaban J connectivity index is 0.000000875. The fourth-order valence-electron chi connectivity index (χ4n) is 4.81. The molecule has 1 fully saturated rings. The normalized spacial score (nSPS) is 14.3. The first-order valence-electron chi connectivity index (χ1n) is 14.7. The Kier molecular flexibility index (Phi) is 12.7. The minimum Gasteiger partial charge on any atom is -0.462 e. The average molecular weight is 695 g/mol. The molecule has 1 saturated heterocycles. The molecule has 1 aliphatic rings. The summed E-state index contributed by atoms with van der Waals surface area (Å²) in [6.07, 6.45) is -6.47. The van der Waals surface area contributed by atoms with Crippen LogP contribution in [0.15, 0.2) is 24.3 Å². The number of carbonyl (C=O) groups excluding carboxylic acids is 2. The highest BCUT2D eigenvalue weighted by Crippen LogP contribution is 2.39. The van der Waals surface area contributed by atoms with Gasteiger partial charge >= 0.3 is 12.1 Å². The Morgan fingerprint density at radius 1 is 1.15 bits per heavy atom. The largest absolute Gasteiger partial charge is 0.462 e. The predicted molar refractivity (Wildman–Crippen MR) is 171 cm³/mol. The molecular formula is C31H38Cl2F5N5O3. The van der Waals surface area contributed by atoms with Crippen molar-refractivity contribution in [2.45, 2.75) is 66.2 Å². The summed E-state index contributed by atoms with van der Waals surface area (Å²) in [5.41, 5.74) is 1.67. The molecule has 254 valence electrons. The van der Waals surface area contributed by atoms with Crippen molar-refractivity contribution in [1.82, 2.24) is 14.9 Å². The molecule has 0 spiro atoms. The number of imidazole rings is 1. The van der Waals surface area contributed by atoms with E-state index in [1.54, 1.807) is 31.0 Å². The van der Waals surface area contributed by atoms with Gasteiger partial charge < -0.3 is 29.6 Å². The number of aldehydes is 1. The quantitative estimate of drug-likeness (QED) is 0.133. The zero-order chi connectivity index (χ0) is 34.4. The summed E-state index contributed by atoms with van der Waals surface area (Å²) in [7, 11) is 1.74. The Hall–Kier alpha value is -3.16. The molecule has 4 rings (SSSR count). The minimum absolute atomic E-state index is 0.00319. The molecule has 15 heteroatoms. The molecular weight excluding hydrogens is 656 g/mol. The summed E-state index contributed by atoms with van der Waals surface area (Å²) in [6.45, 7) is 7.05. The second kappa shape index (κ2) is 15.6. The van der Waals surface area contributed by atoms with Crippen molar-refractivity contribution in [3.8, 4) is 0 Å². The van der Waals surface area contributed by atoms with E-state index in [0.29, 0.717) is 17.8 Å². The van der Waals surface area contributed by atoms with Crippen LogP contribution >= 0.6 is 23.2 Å². The average Bonchev–Trinajstić information content (AvgIpc) is 3.31. The molecule has 1 aliphatic heterocycles. The van der Waals surface area contributed by atoms with Crippen molar-refractivity contribution >= 4 is 63.8 Å². The van der Waals surface area contributed by atoms with Crippen LogP contribution < -0.4 is 15.5 Å². The number of ether oxygens (including phenoxy) is 1. The number of rotatable bonds is 9. The second-order valence-electron chi connectivity index (χ2n) is 11.9. The predicted octanol–water partition coefficient (Wildman–Crippen LogP) is 8.26. The lowest BCUT2D eigenvalue weighted by molar-refractivity contribution is -0.179. The molecule has 46 heavy (non-hydrogen) atoms. The van der Waals surface area contributed by atoms with Crippen LogP contribution in [-0.2, 0) is 22.6 Å². The van der Waals surface area contributed by atoms with Gasteiger partial charge in [0.05, 0.1) is 57.1 Å². The van der Waals surface area contributed by atoms with Gasteiger partial charge in [-0.25, -0.2) is 18.6 Å². The number of aromatic nitrogens is 2. The third-order valence-electron chi connectivity index (χ3n) is 7.11. The maximum absolute atomic E-state index is 13.8. The van der Waals surface area contributed by atoms with Gasteiger partial charge in [0, 0.05) is 25.0 Å². The van der Waals surface area contributed by atoms with Gasteiger partial charge in [-0.3, -0.25) is 0 Å². The third-order valence-corrected chi connectivity index (χ3v) is 7.86. The number of halogens is 7. The van der Waals surface area contributed by atoms with E-state index in [-0.39, 0.29) is 76.2 Å². The Morgan fingerprint density at radius 3 is 2.30 bits per heavy atom. The van der Waals surface area contributed by atoms with Crippen molar-refractivity contribution in [1.29, 1.82) is 0 Å². The van der Waals surface area contributed by atoms with E-state index in [4.69, 9.17) is 27.9 Å². The van der Waals surface area contributed by atoms with E-state index in [2.05, 4.69) is 15.6 Å². The number of carbonyl (C=O) groups is 2. The fraction of sp³-hybridized carbons (Fsp3) is 0.516. The lowest BCUT2D eigenvalue weighted by Gasteiger charge is -2.35. The molecule has 0 saturated carbocycles. The summed E-state index contributed by atoms with van der Waals surface area (Å²) in [5.74, 6) is -2.14. The molecule has 2 heterocycles. The van der Waals surface area contributed by atoms with Crippen molar-refractivity contribution < 1.29 is 36.3 Å². The van der Waals surface area contributed by atoms with E-state index >= 15 is 0 Å². The maximum Gasteiger partial charge on any atom is 0.391 e. The van der Waals surface area contributed by atoms with E-state index in [9.17, 15) is 31.5 Å². The highest BCUT2D eigenvalue weighted by atomic mass is 35.5. The van der Waals surface area contributed by atoms with E-state index in [1.807, 2.05) is 20.8 Å². The number of alkyl halides is 5. The first-order valence-corrected chi connectivity index (χ1v) is 15.4. The third kappa shape index (κ3) is 9.45. The number of benzene rings is 2. The van der Waals surface area contributed by atoms with Gasteiger partial charge in [0.1, 0.15) is 6.29 Å². The molecule has 0 unspecified atom stereocenters. The minimum atomic E-state index is -4.32. The number of anilines is 3. The molecule has 1 aromatic heterocycles. The van der Waals surface area contributed by atoms with Crippen LogP contribution in [0, 0.1) is 11.3 Å². The number of hydrogen-bond acceptors (Lipinski definition) is 7. The van der Waals surface area contributed by atoms with E-state index < -0.39 is 31.0 Å². The number of hydrogen-bond donors (Lipinski definition) is 2. The van der Waals surface area contributed by atoms with Gasteiger partial charge in [-0.05, 0) is 50.6 Å². The first kappa shape index (κ1) is 37.3. The Bertz CT molecular complexity index is 1520. The highest BCUT2D eigenvalue weighted by molar-refractivity contribution is 6.39. The summed E-state index contributed by atoms with van der Waals surface area (Å²) in [6, 6.07) is 6.25. The Labute approximate surface area is 274 Å². The number of nitrogens with one attached hydrogen (secondary N) is 2. The number of fused-ring (bicyclic) bond motifs is 1. The molecule has 0 atom stereocenters. The molecule has 8 nitrogen and oxygen atoms in total. The lowest BCUT2D eigenvalue weighted by Crippen LogP contribution is -2.39. The van der Waals surface area contributed by atoms with Crippen LogP contribution in [0.5, 0.6) is 0 Å². The molecule has 0 amide bonds. The van der Waals surface area contributed by atoms with Crippen molar-refractivity contribution in [2.24, 2.45) is 11.3 Å². The number of piperidine rings is 1. The van der Waals surface area contributed by atoms with Crippen LogP contribution in [-0.4, -0.2) is 61.2 Å². The smallest absolute Gasteiger partial charge is 0.391 e. The van der Waals surface area contributed by atoms with Crippen molar-refractivity contribution in [2.75, 3.05) is 37.0 Å². The molecule has 3 aromatic rings. The van der Waals surface area contributed by atoms with Gasteiger partial charge in [0.15, 0.2) is 0 Å². The summed E-state index contributed by atoms with van der Waals surface area (Å²) < 4.78 is 73.7. The second-order valence-corrected chi connectivity index (χ2v) is 12.6. The van der Waals surface area contributed by atoms with Crippen LogP contribution in [0.4, 0.5) is 39.3 Å². The monoisotopic (exact) mass is 693 g/mol. The zero-order valence-corrected chi connectivity index (χ0v) is 27.7. The van der Waals surface area contributed by atoms with Gasteiger partial charge in [-0.1, -0.05) is 50.0 Å². The fourth-order valence-corrected chi connectivity index (χ4v) is 5.34. The van der Waals surface area contributed by atoms with E-state index in [1.165, 1.54) is 16.7 Å². The maximum atomic E-state index is 13.8. The van der Waals surface area contributed by atoms with Crippen molar-refractivity contribution in [3.05, 3.63) is 45.4 Å². The van der Waals surface area contributed by atoms with Crippen LogP contribution in [0.1, 0.15) is 56.5 Å². The topological polar surface area (TPSA) is 88.5 Å². The van der Waals surface area contributed by atoms with Crippen molar-refractivity contribution in [3.63, 3.8) is 0 Å². The molecule has 0 bridgehead atoms. The van der Waals surface area contributed by atoms with E-state index in [0.717, 1.165) is 6.29 Å². The van der Waals surface area contributed by atoms with Gasteiger partial charge in [-0.15, -0.1) is 0 Å². The molecule has 2 aromatic carbocycles. The van der Waals surface area contributed by atoms with Crippen LogP contribution in [0.2, 0.25) is 10.0 Å². The summed E-state index contributed by atoms with van der Waals surface area (Å²) >= 11 is 12.9. The number of esters is 1. The first-order chi connectivity index (χ1) is 21.5. The summed E-state index contributed by atoms with van der Waals surface area (Å²) in [5, 5.41) is 6.47. The van der Waals surface area contributed by atoms with Gasteiger partial charge in [0.2, 0.25) is 5.95 Å². The molecule has 0 radical (unpaired) electrons. The molecule has 0 aliphatic carbocycles. The zero-order valence-electron chi connectivity index (χ0n) is 26.2.